The maximum atomic E-state index is 11.1. The highest BCUT2D eigenvalue weighted by molar-refractivity contribution is 5.89. The number of carbonyl (C=O) groups is 1. The molecule has 1 atom stereocenters. The van der Waals surface area contributed by atoms with Gasteiger partial charge in [-0.05, 0) is 43.5 Å². The highest BCUT2D eigenvalue weighted by Crippen LogP contribution is 2.21. The standard InChI is InChI=1S/C15H21NO3/c1-11-5-6-12(8-14(11)15(17)18)9-16-7-3-4-13(16)10-19-2/h5-6,8,13H,3-4,7,9-10H2,1-2H3,(H,17,18)/t13-/m1/s1. The van der Waals surface area contributed by atoms with Gasteiger partial charge in [-0.25, -0.2) is 4.79 Å². The maximum Gasteiger partial charge on any atom is 0.335 e. The predicted octanol–water partition coefficient (Wildman–Crippen LogP) is 2.30. The quantitative estimate of drug-likeness (QED) is 0.885. The van der Waals surface area contributed by atoms with Crippen molar-refractivity contribution >= 4 is 5.97 Å². The van der Waals surface area contributed by atoms with E-state index in [0.29, 0.717) is 11.6 Å². The van der Waals surface area contributed by atoms with Gasteiger partial charge in [0.2, 0.25) is 0 Å². The second kappa shape index (κ2) is 6.17. The van der Waals surface area contributed by atoms with Crippen LogP contribution in [-0.4, -0.2) is 42.3 Å². The Morgan fingerprint density at radius 1 is 1.53 bits per heavy atom. The van der Waals surface area contributed by atoms with Crippen LogP contribution in [0.3, 0.4) is 0 Å². The van der Waals surface area contributed by atoms with Crippen LogP contribution in [0.2, 0.25) is 0 Å². The summed E-state index contributed by atoms with van der Waals surface area (Å²) in [6.07, 6.45) is 2.34. The molecule has 0 unspecified atom stereocenters. The smallest absolute Gasteiger partial charge is 0.335 e. The van der Waals surface area contributed by atoms with Crippen molar-refractivity contribution < 1.29 is 14.6 Å². The predicted molar refractivity (Wildman–Crippen MR) is 73.4 cm³/mol. The molecule has 1 aliphatic rings. The number of ether oxygens (including phenoxy) is 1. The van der Waals surface area contributed by atoms with Gasteiger partial charge in [0, 0.05) is 19.7 Å². The van der Waals surface area contributed by atoms with Crippen LogP contribution < -0.4 is 0 Å². The highest BCUT2D eigenvalue weighted by atomic mass is 16.5. The number of carboxylic acids is 1. The topological polar surface area (TPSA) is 49.8 Å². The van der Waals surface area contributed by atoms with E-state index in [4.69, 9.17) is 9.84 Å². The Balaban J connectivity index is 2.10. The number of nitrogens with zero attached hydrogens (tertiary/aromatic N) is 1. The molecule has 1 aromatic carbocycles. The Morgan fingerprint density at radius 3 is 3.00 bits per heavy atom. The van der Waals surface area contributed by atoms with E-state index in [9.17, 15) is 4.79 Å². The molecule has 4 nitrogen and oxygen atoms in total. The van der Waals surface area contributed by atoms with E-state index < -0.39 is 5.97 Å². The van der Waals surface area contributed by atoms with Crippen molar-refractivity contribution in [1.82, 2.24) is 4.90 Å². The van der Waals surface area contributed by atoms with Crippen LogP contribution in [0.4, 0.5) is 0 Å². The van der Waals surface area contributed by atoms with Crippen LogP contribution in [0, 0.1) is 6.92 Å². The molecular formula is C15H21NO3. The molecule has 19 heavy (non-hydrogen) atoms. The first kappa shape index (κ1) is 14.0. The van der Waals surface area contributed by atoms with E-state index in [2.05, 4.69) is 4.90 Å². The summed E-state index contributed by atoms with van der Waals surface area (Å²) in [4.78, 5) is 13.5. The van der Waals surface area contributed by atoms with Crippen LogP contribution in [0.1, 0.15) is 34.3 Å². The van der Waals surface area contributed by atoms with Gasteiger partial charge in [-0.2, -0.15) is 0 Å². The van der Waals surface area contributed by atoms with E-state index in [1.54, 1.807) is 13.2 Å². The van der Waals surface area contributed by atoms with E-state index in [-0.39, 0.29) is 0 Å². The molecule has 2 rings (SSSR count). The van der Waals surface area contributed by atoms with Gasteiger partial charge in [0.15, 0.2) is 0 Å². The monoisotopic (exact) mass is 263 g/mol. The van der Waals surface area contributed by atoms with Crippen molar-refractivity contribution in [1.29, 1.82) is 0 Å². The van der Waals surface area contributed by atoms with Gasteiger partial charge in [0.1, 0.15) is 0 Å². The second-order valence-electron chi connectivity index (χ2n) is 5.18. The third-order valence-corrected chi connectivity index (χ3v) is 3.78. The van der Waals surface area contributed by atoms with Crippen molar-refractivity contribution in [3.8, 4) is 0 Å². The van der Waals surface area contributed by atoms with Crippen LogP contribution in [-0.2, 0) is 11.3 Å². The van der Waals surface area contributed by atoms with Gasteiger partial charge >= 0.3 is 5.97 Å². The highest BCUT2D eigenvalue weighted by Gasteiger charge is 2.24. The number of carboxylic acid groups (broad SMARTS) is 1. The molecule has 104 valence electrons. The molecule has 1 fully saturated rings. The number of rotatable bonds is 5. The lowest BCUT2D eigenvalue weighted by Gasteiger charge is -2.24. The van der Waals surface area contributed by atoms with E-state index in [1.807, 2.05) is 19.1 Å². The first-order valence-corrected chi connectivity index (χ1v) is 6.67. The third kappa shape index (κ3) is 3.33. The normalized spacial score (nSPS) is 19.8. The lowest BCUT2D eigenvalue weighted by Crippen LogP contribution is -2.32. The number of aromatic carboxylic acids is 1. The molecule has 1 heterocycles. The van der Waals surface area contributed by atoms with E-state index in [0.717, 1.165) is 37.2 Å². The fourth-order valence-corrected chi connectivity index (χ4v) is 2.72. The lowest BCUT2D eigenvalue weighted by molar-refractivity contribution is 0.0695. The SMILES string of the molecule is COC[C@H]1CCCN1Cc1ccc(C)c(C(=O)O)c1. The van der Waals surface area contributed by atoms with Gasteiger partial charge in [0.25, 0.3) is 0 Å². The van der Waals surface area contributed by atoms with Gasteiger partial charge in [-0.1, -0.05) is 12.1 Å². The summed E-state index contributed by atoms with van der Waals surface area (Å²) in [6, 6.07) is 6.16. The summed E-state index contributed by atoms with van der Waals surface area (Å²) in [5.74, 6) is -0.853. The minimum absolute atomic E-state index is 0.403. The first-order chi connectivity index (χ1) is 9.11. The zero-order valence-corrected chi connectivity index (χ0v) is 11.6. The molecular weight excluding hydrogens is 242 g/mol. The van der Waals surface area contributed by atoms with E-state index >= 15 is 0 Å². The molecule has 1 N–H and O–H groups in total. The number of hydrogen-bond acceptors (Lipinski definition) is 3. The molecule has 0 amide bonds. The maximum absolute atomic E-state index is 11.1. The van der Waals surface area contributed by atoms with Crippen LogP contribution in [0.25, 0.3) is 0 Å². The summed E-state index contributed by atoms with van der Waals surface area (Å²) in [5, 5.41) is 9.15. The zero-order chi connectivity index (χ0) is 13.8. The molecule has 0 spiro atoms. The Labute approximate surface area is 114 Å². The number of likely N-dealkylation sites (tertiary alicyclic amines) is 1. The van der Waals surface area contributed by atoms with Crippen molar-refractivity contribution in [2.75, 3.05) is 20.3 Å². The number of benzene rings is 1. The summed E-state index contributed by atoms with van der Waals surface area (Å²) >= 11 is 0. The summed E-state index contributed by atoms with van der Waals surface area (Å²) in [6.45, 7) is 4.44. The zero-order valence-electron chi connectivity index (χ0n) is 11.6. The average molecular weight is 263 g/mol. The Bertz CT molecular complexity index is 459. The first-order valence-electron chi connectivity index (χ1n) is 6.67. The van der Waals surface area contributed by atoms with Gasteiger partial charge in [-0.3, -0.25) is 4.90 Å². The minimum Gasteiger partial charge on any atom is -0.478 e. The second-order valence-corrected chi connectivity index (χ2v) is 5.18. The molecule has 4 heteroatoms. The summed E-state index contributed by atoms with van der Waals surface area (Å²) < 4.78 is 5.24. The fourth-order valence-electron chi connectivity index (χ4n) is 2.72. The lowest BCUT2D eigenvalue weighted by atomic mass is 10.0. The molecule has 0 bridgehead atoms. The molecule has 0 radical (unpaired) electrons. The summed E-state index contributed by atoms with van der Waals surface area (Å²) in [7, 11) is 1.73. The Hall–Kier alpha value is -1.39. The minimum atomic E-state index is -0.853. The molecule has 0 saturated carbocycles. The van der Waals surface area contributed by atoms with Crippen molar-refractivity contribution in [3.05, 3.63) is 34.9 Å². The average Bonchev–Trinajstić information content (AvgIpc) is 2.79. The van der Waals surface area contributed by atoms with Gasteiger partial charge in [0.05, 0.1) is 12.2 Å². The van der Waals surface area contributed by atoms with Gasteiger partial charge in [-0.15, -0.1) is 0 Å². The molecule has 0 aliphatic carbocycles. The molecule has 0 aromatic heterocycles. The van der Waals surface area contributed by atoms with Crippen LogP contribution >= 0.6 is 0 Å². The number of hydrogen-bond donors (Lipinski definition) is 1. The Morgan fingerprint density at radius 2 is 2.32 bits per heavy atom. The molecule has 1 saturated heterocycles. The summed E-state index contributed by atoms with van der Waals surface area (Å²) in [5.41, 5.74) is 2.28. The number of methoxy groups -OCH3 is 1. The van der Waals surface area contributed by atoms with Crippen molar-refractivity contribution in [2.45, 2.75) is 32.4 Å². The van der Waals surface area contributed by atoms with Gasteiger partial charge < -0.3 is 9.84 Å². The van der Waals surface area contributed by atoms with Crippen molar-refractivity contribution in [2.24, 2.45) is 0 Å². The number of aryl methyl sites for hydroxylation is 1. The van der Waals surface area contributed by atoms with Crippen molar-refractivity contribution in [3.63, 3.8) is 0 Å². The molecule has 1 aromatic rings. The van der Waals surface area contributed by atoms with E-state index in [1.165, 1.54) is 6.42 Å². The van der Waals surface area contributed by atoms with Crippen LogP contribution in [0.5, 0.6) is 0 Å². The largest absolute Gasteiger partial charge is 0.478 e. The van der Waals surface area contributed by atoms with Crippen LogP contribution in [0.15, 0.2) is 18.2 Å². The Kier molecular flexibility index (Phi) is 4.56. The molecule has 1 aliphatic heterocycles. The fraction of sp³-hybridized carbons (Fsp3) is 0.533. The third-order valence-electron chi connectivity index (χ3n) is 3.78.